The maximum Gasteiger partial charge on any atom is 0.317 e. The Balaban J connectivity index is 1.72. The topological polar surface area (TPSA) is 70.4 Å². The van der Waals surface area contributed by atoms with Crippen LogP contribution >= 0.6 is 0 Å². The molecular formula is C13H22N4O2. The average molecular weight is 266 g/mol. The molecule has 2 rings (SSSR count). The van der Waals surface area contributed by atoms with Gasteiger partial charge in [-0.05, 0) is 24.8 Å². The highest BCUT2D eigenvalue weighted by atomic mass is 16.3. The van der Waals surface area contributed by atoms with Crippen LogP contribution < -0.4 is 5.32 Å². The highest BCUT2D eigenvalue weighted by Gasteiger charge is 2.32. The smallest absolute Gasteiger partial charge is 0.317 e. The average Bonchev–Trinajstić information content (AvgIpc) is 3.11. The lowest BCUT2D eigenvalue weighted by Gasteiger charge is -2.23. The fourth-order valence-electron chi connectivity index (χ4n) is 2.10. The molecule has 0 saturated heterocycles. The predicted octanol–water partition coefficient (Wildman–Crippen LogP) is 0.685. The van der Waals surface area contributed by atoms with Crippen molar-refractivity contribution in [3.05, 3.63) is 18.5 Å². The molecule has 1 aromatic heterocycles. The van der Waals surface area contributed by atoms with Crippen LogP contribution in [-0.4, -0.2) is 51.6 Å². The van der Waals surface area contributed by atoms with Crippen LogP contribution in [0.15, 0.2) is 18.5 Å². The Bertz CT molecular complexity index is 389. The van der Waals surface area contributed by atoms with Gasteiger partial charge < -0.3 is 15.3 Å². The predicted molar refractivity (Wildman–Crippen MR) is 71.6 cm³/mol. The SMILES string of the molecule is CC(CNC(=O)N(CCO)C1CC1)Cn1cccn1. The Kier molecular flexibility index (Phi) is 4.79. The van der Waals surface area contributed by atoms with Crippen molar-refractivity contribution in [1.29, 1.82) is 0 Å². The van der Waals surface area contributed by atoms with Crippen molar-refractivity contribution < 1.29 is 9.90 Å². The number of urea groups is 1. The van der Waals surface area contributed by atoms with Crippen LogP contribution in [0.5, 0.6) is 0 Å². The number of carbonyl (C=O) groups is 1. The van der Waals surface area contributed by atoms with Crippen molar-refractivity contribution in [2.45, 2.75) is 32.4 Å². The van der Waals surface area contributed by atoms with Crippen LogP contribution in [0.1, 0.15) is 19.8 Å². The summed E-state index contributed by atoms with van der Waals surface area (Å²) in [6.07, 6.45) is 5.77. The molecule has 6 heteroatoms. The summed E-state index contributed by atoms with van der Waals surface area (Å²) in [6.45, 7) is 3.93. The standard InChI is InChI=1S/C13H22N4O2/c1-11(10-16-6-2-5-15-16)9-14-13(19)17(7-8-18)12-3-4-12/h2,5-6,11-12,18H,3-4,7-10H2,1H3,(H,14,19). The van der Waals surface area contributed by atoms with E-state index in [-0.39, 0.29) is 12.6 Å². The molecule has 6 nitrogen and oxygen atoms in total. The fraction of sp³-hybridized carbons (Fsp3) is 0.692. The molecule has 1 saturated carbocycles. The first kappa shape index (κ1) is 13.9. The zero-order chi connectivity index (χ0) is 13.7. The molecule has 19 heavy (non-hydrogen) atoms. The van der Waals surface area contributed by atoms with E-state index in [0.717, 1.165) is 19.4 Å². The number of rotatable bonds is 7. The van der Waals surface area contributed by atoms with E-state index < -0.39 is 0 Å². The van der Waals surface area contributed by atoms with Crippen LogP contribution in [0.3, 0.4) is 0 Å². The first-order valence-electron chi connectivity index (χ1n) is 6.83. The van der Waals surface area contributed by atoms with Gasteiger partial charge >= 0.3 is 6.03 Å². The van der Waals surface area contributed by atoms with Crippen LogP contribution in [0.25, 0.3) is 0 Å². The minimum Gasteiger partial charge on any atom is -0.395 e. The highest BCUT2D eigenvalue weighted by Crippen LogP contribution is 2.26. The quantitative estimate of drug-likeness (QED) is 0.762. The minimum absolute atomic E-state index is 0.0206. The lowest BCUT2D eigenvalue weighted by Crippen LogP contribution is -2.44. The Morgan fingerprint density at radius 3 is 3.00 bits per heavy atom. The van der Waals surface area contributed by atoms with E-state index in [9.17, 15) is 4.79 Å². The summed E-state index contributed by atoms with van der Waals surface area (Å²) in [5, 5.41) is 16.1. The van der Waals surface area contributed by atoms with Gasteiger partial charge in [0.1, 0.15) is 0 Å². The van der Waals surface area contributed by atoms with Gasteiger partial charge in [0.05, 0.1) is 6.61 Å². The number of aromatic nitrogens is 2. The van der Waals surface area contributed by atoms with Gasteiger partial charge in [-0.25, -0.2) is 4.79 Å². The molecule has 1 atom stereocenters. The Hall–Kier alpha value is -1.56. The zero-order valence-corrected chi connectivity index (χ0v) is 11.3. The van der Waals surface area contributed by atoms with Gasteiger partial charge in [0.25, 0.3) is 0 Å². The minimum atomic E-state index is -0.0659. The molecule has 2 N–H and O–H groups in total. The van der Waals surface area contributed by atoms with E-state index in [1.165, 1.54) is 0 Å². The number of hydrogen-bond donors (Lipinski definition) is 2. The number of carbonyl (C=O) groups excluding carboxylic acids is 1. The summed E-state index contributed by atoms with van der Waals surface area (Å²) in [4.78, 5) is 13.7. The van der Waals surface area contributed by atoms with E-state index in [4.69, 9.17) is 5.11 Å². The summed E-state index contributed by atoms with van der Waals surface area (Å²) in [5.41, 5.74) is 0. The first-order valence-corrected chi connectivity index (χ1v) is 6.83. The van der Waals surface area contributed by atoms with Gasteiger partial charge in [0, 0.05) is 38.1 Å². The van der Waals surface area contributed by atoms with Crippen molar-refractivity contribution in [2.75, 3.05) is 19.7 Å². The summed E-state index contributed by atoms with van der Waals surface area (Å²) < 4.78 is 1.86. The normalized spacial score (nSPS) is 16.1. The van der Waals surface area contributed by atoms with Gasteiger partial charge in [0.2, 0.25) is 0 Å². The summed E-state index contributed by atoms with van der Waals surface area (Å²) in [7, 11) is 0. The van der Waals surface area contributed by atoms with E-state index in [2.05, 4.69) is 17.3 Å². The van der Waals surface area contributed by atoms with E-state index in [1.54, 1.807) is 11.1 Å². The summed E-state index contributed by atoms with van der Waals surface area (Å²) >= 11 is 0. The van der Waals surface area contributed by atoms with Crippen LogP contribution in [-0.2, 0) is 6.54 Å². The van der Waals surface area contributed by atoms with Crippen molar-refractivity contribution >= 4 is 6.03 Å². The second-order valence-electron chi connectivity index (χ2n) is 5.17. The number of aliphatic hydroxyl groups is 1. The van der Waals surface area contributed by atoms with Gasteiger partial charge in [0.15, 0.2) is 0 Å². The maximum absolute atomic E-state index is 12.0. The molecule has 0 aliphatic heterocycles. The van der Waals surface area contributed by atoms with Crippen molar-refractivity contribution in [2.24, 2.45) is 5.92 Å². The number of hydrogen-bond acceptors (Lipinski definition) is 3. The molecule has 1 aromatic rings. The largest absolute Gasteiger partial charge is 0.395 e. The molecule has 1 unspecified atom stereocenters. The maximum atomic E-state index is 12.0. The van der Waals surface area contributed by atoms with Gasteiger partial charge in [-0.1, -0.05) is 6.92 Å². The first-order chi connectivity index (χ1) is 9.20. The Morgan fingerprint density at radius 2 is 2.42 bits per heavy atom. The molecule has 106 valence electrons. The summed E-state index contributed by atoms with van der Waals surface area (Å²) in [6, 6.07) is 2.15. The van der Waals surface area contributed by atoms with Crippen molar-refractivity contribution in [3.8, 4) is 0 Å². The van der Waals surface area contributed by atoms with Crippen LogP contribution in [0.2, 0.25) is 0 Å². The van der Waals surface area contributed by atoms with Gasteiger partial charge in [-0.15, -0.1) is 0 Å². The van der Waals surface area contributed by atoms with E-state index in [1.807, 2.05) is 16.9 Å². The molecule has 0 bridgehead atoms. The lowest BCUT2D eigenvalue weighted by atomic mass is 10.2. The van der Waals surface area contributed by atoms with E-state index in [0.29, 0.717) is 25.0 Å². The van der Waals surface area contributed by atoms with E-state index >= 15 is 0 Å². The van der Waals surface area contributed by atoms with Gasteiger partial charge in [-0.3, -0.25) is 4.68 Å². The van der Waals surface area contributed by atoms with Crippen LogP contribution in [0, 0.1) is 5.92 Å². The second kappa shape index (κ2) is 6.56. The Labute approximate surface area is 113 Å². The molecule has 0 radical (unpaired) electrons. The molecule has 0 aromatic carbocycles. The third kappa shape index (κ3) is 4.24. The molecule has 1 fully saturated rings. The number of aliphatic hydroxyl groups excluding tert-OH is 1. The number of amides is 2. The third-order valence-corrected chi connectivity index (χ3v) is 3.25. The third-order valence-electron chi connectivity index (χ3n) is 3.25. The second-order valence-corrected chi connectivity index (χ2v) is 5.17. The number of nitrogens with zero attached hydrogens (tertiary/aromatic N) is 3. The lowest BCUT2D eigenvalue weighted by molar-refractivity contribution is 0.172. The molecule has 1 heterocycles. The van der Waals surface area contributed by atoms with Gasteiger partial charge in [-0.2, -0.15) is 5.10 Å². The van der Waals surface area contributed by atoms with Crippen molar-refractivity contribution in [3.63, 3.8) is 0 Å². The van der Waals surface area contributed by atoms with Crippen LogP contribution in [0.4, 0.5) is 4.79 Å². The molecular weight excluding hydrogens is 244 g/mol. The highest BCUT2D eigenvalue weighted by molar-refractivity contribution is 5.74. The summed E-state index contributed by atoms with van der Waals surface area (Å²) in [5.74, 6) is 0.319. The fourth-order valence-corrected chi connectivity index (χ4v) is 2.10. The molecule has 2 amide bonds. The Morgan fingerprint density at radius 1 is 1.63 bits per heavy atom. The molecule has 1 aliphatic carbocycles. The zero-order valence-electron chi connectivity index (χ0n) is 11.3. The monoisotopic (exact) mass is 266 g/mol. The molecule has 1 aliphatic rings. The number of nitrogens with one attached hydrogen (secondary N) is 1. The van der Waals surface area contributed by atoms with Crippen molar-refractivity contribution in [1.82, 2.24) is 20.0 Å². The molecule has 0 spiro atoms.